The molecule has 4 aliphatic carbocycles. The molecular formula is C21H32O5. The van der Waals surface area contributed by atoms with Crippen LogP contribution in [0.4, 0.5) is 0 Å². The standard InChI is InChI=1S/C21H32O5/c1-19-10-17(24)16(23)9-12(19)3-4-13-14(19)5-7-20(2)15(13)6-8-21(20,26)18(25)11-22/h12-16,22-23,26H,3-11H2,1-2H3/t12?,13-,14+,15+,16?,19+,20+,21+/m1/s1. The van der Waals surface area contributed by atoms with Gasteiger partial charge >= 0.3 is 0 Å². The van der Waals surface area contributed by atoms with Crippen LogP contribution < -0.4 is 0 Å². The molecule has 0 amide bonds. The SMILES string of the molecule is C[C@]12CC(=O)C(O)CC1CC[C@@H]1[C@@H]2CC[C@@]2(C)[C@H]1CC[C@]2(O)C(=O)CO. The first-order valence-corrected chi connectivity index (χ1v) is 10.2. The summed E-state index contributed by atoms with van der Waals surface area (Å²) < 4.78 is 0. The van der Waals surface area contributed by atoms with Crippen LogP contribution in [-0.2, 0) is 9.59 Å². The third kappa shape index (κ3) is 2.20. The Morgan fingerprint density at radius 2 is 1.81 bits per heavy atom. The van der Waals surface area contributed by atoms with E-state index in [0.29, 0.717) is 37.0 Å². The highest BCUT2D eigenvalue weighted by molar-refractivity contribution is 5.89. The molecule has 0 radical (unpaired) electrons. The molecular weight excluding hydrogens is 332 g/mol. The van der Waals surface area contributed by atoms with E-state index in [1.54, 1.807) is 0 Å². The van der Waals surface area contributed by atoms with Crippen molar-refractivity contribution in [1.29, 1.82) is 0 Å². The number of rotatable bonds is 2. The van der Waals surface area contributed by atoms with Gasteiger partial charge in [-0.25, -0.2) is 0 Å². The quantitative estimate of drug-likeness (QED) is 0.695. The van der Waals surface area contributed by atoms with Crippen molar-refractivity contribution in [2.24, 2.45) is 34.5 Å². The van der Waals surface area contributed by atoms with E-state index in [0.717, 1.165) is 32.1 Å². The molecule has 3 N–H and O–H groups in total. The summed E-state index contributed by atoms with van der Waals surface area (Å²) in [7, 11) is 0. The minimum absolute atomic E-state index is 0.0175. The van der Waals surface area contributed by atoms with E-state index in [9.17, 15) is 24.9 Å². The molecule has 8 atom stereocenters. The Balaban J connectivity index is 1.65. The van der Waals surface area contributed by atoms with Crippen LogP contribution in [0.2, 0.25) is 0 Å². The predicted octanol–water partition coefficient (Wildman–Crippen LogP) is 1.86. The lowest BCUT2D eigenvalue weighted by Crippen LogP contribution is -2.60. The van der Waals surface area contributed by atoms with Crippen LogP contribution in [0.1, 0.15) is 65.2 Å². The Kier molecular flexibility index (Phi) is 4.18. The van der Waals surface area contributed by atoms with Gasteiger partial charge < -0.3 is 15.3 Å². The molecule has 0 bridgehead atoms. The zero-order valence-electron chi connectivity index (χ0n) is 15.9. The fourth-order valence-corrected chi connectivity index (χ4v) is 7.70. The Morgan fingerprint density at radius 3 is 2.50 bits per heavy atom. The summed E-state index contributed by atoms with van der Waals surface area (Å²) in [6.07, 6.45) is 5.26. The van der Waals surface area contributed by atoms with E-state index in [1.807, 2.05) is 6.92 Å². The number of aliphatic hydroxyl groups excluding tert-OH is 2. The minimum Gasteiger partial charge on any atom is -0.388 e. The normalized spacial score (nSPS) is 53.6. The van der Waals surface area contributed by atoms with Crippen LogP contribution in [0.3, 0.4) is 0 Å². The van der Waals surface area contributed by atoms with Crippen LogP contribution in [0.25, 0.3) is 0 Å². The van der Waals surface area contributed by atoms with Crippen molar-refractivity contribution in [1.82, 2.24) is 0 Å². The summed E-state index contributed by atoms with van der Waals surface area (Å²) >= 11 is 0. The first-order valence-electron chi connectivity index (χ1n) is 10.2. The van der Waals surface area contributed by atoms with Crippen molar-refractivity contribution in [3.05, 3.63) is 0 Å². The van der Waals surface area contributed by atoms with Crippen LogP contribution in [-0.4, -0.2) is 45.2 Å². The van der Waals surface area contributed by atoms with Crippen molar-refractivity contribution < 1.29 is 24.9 Å². The molecule has 4 aliphatic rings. The Bertz CT molecular complexity index is 630. The van der Waals surface area contributed by atoms with Crippen molar-refractivity contribution >= 4 is 11.6 Å². The highest BCUT2D eigenvalue weighted by Crippen LogP contribution is 2.68. The molecule has 0 heterocycles. The molecule has 0 aliphatic heterocycles. The summed E-state index contributed by atoms with van der Waals surface area (Å²) in [6.45, 7) is 3.68. The van der Waals surface area contributed by atoms with Gasteiger partial charge in [0.2, 0.25) is 0 Å². The Labute approximate surface area is 155 Å². The maximum absolute atomic E-state index is 12.4. The lowest BCUT2D eigenvalue weighted by molar-refractivity contribution is -0.175. The Morgan fingerprint density at radius 1 is 1.12 bits per heavy atom. The highest BCUT2D eigenvalue weighted by Gasteiger charge is 2.66. The van der Waals surface area contributed by atoms with Crippen molar-refractivity contribution in [2.75, 3.05) is 6.61 Å². The van der Waals surface area contributed by atoms with Crippen molar-refractivity contribution in [2.45, 2.75) is 76.9 Å². The second kappa shape index (κ2) is 5.86. The summed E-state index contributed by atoms with van der Waals surface area (Å²) in [6, 6.07) is 0. The first kappa shape index (κ1) is 18.6. The summed E-state index contributed by atoms with van der Waals surface area (Å²) in [5.74, 6) is 1.04. The minimum atomic E-state index is -1.41. The van der Waals surface area contributed by atoms with Gasteiger partial charge in [-0.3, -0.25) is 9.59 Å². The number of Topliss-reactive ketones (excluding diaryl/α,β-unsaturated/α-hetero) is 2. The van der Waals surface area contributed by atoms with E-state index in [1.165, 1.54) is 0 Å². The summed E-state index contributed by atoms with van der Waals surface area (Å²) in [4.78, 5) is 24.6. The van der Waals surface area contributed by atoms with Crippen molar-refractivity contribution in [3.63, 3.8) is 0 Å². The van der Waals surface area contributed by atoms with Crippen LogP contribution >= 0.6 is 0 Å². The number of hydrogen-bond acceptors (Lipinski definition) is 5. The van der Waals surface area contributed by atoms with Gasteiger partial charge in [-0.1, -0.05) is 13.8 Å². The largest absolute Gasteiger partial charge is 0.388 e. The molecule has 2 unspecified atom stereocenters. The van der Waals surface area contributed by atoms with Gasteiger partial charge in [0.25, 0.3) is 0 Å². The van der Waals surface area contributed by atoms with E-state index in [-0.39, 0.29) is 17.1 Å². The average molecular weight is 364 g/mol. The summed E-state index contributed by atoms with van der Waals surface area (Å²) in [5.41, 5.74) is -1.95. The molecule has 0 aromatic heterocycles. The number of ketones is 2. The molecule has 5 heteroatoms. The number of carbonyl (C=O) groups excluding carboxylic acids is 2. The fourth-order valence-electron chi connectivity index (χ4n) is 7.70. The van der Waals surface area contributed by atoms with Gasteiger partial charge in [-0.2, -0.15) is 0 Å². The Hall–Kier alpha value is -0.780. The van der Waals surface area contributed by atoms with Crippen LogP contribution in [0, 0.1) is 34.5 Å². The topological polar surface area (TPSA) is 94.8 Å². The van der Waals surface area contributed by atoms with Gasteiger partial charge in [0.05, 0.1) is 0 Å². The lowest BCUT2D eigenvalue weighted by atomic mass is 9.44. The van der Waals surface area contributed by atoms with Gasteiger partial charge in [0, 0.05) is 11.8 Å². The summed E-state index contributed by atoms with van der Waals surface area (Å²) in [5, 5.41) is 30.6. The maximum atomic E-state index is 12.4. The molecule has 0 saturated heterocycles. The molecule has 4 rings (SSSR count). The van der Waals surface area contributed by atoms with E-state index in [4.69, 9.17) is 0 Å². The monoisotopic (exact) mass is 364 g/mol. The van der Waals surface area contributed by atoms with Gasteiger partial charge in [0.15, 0.2) is 11.6 Å². The molecule has 4 saturated carbocycles. The fraction of sp³-hybridized carbons (Fsp3) is 0.905. The van der Waals surface area contributed by atoms with Crippen LogP contribution in [0.5, 0.6) is 0 Å². The third-order valence-electron chi connectivity index (χ3n) is 9.26. The number of hydrogen-bond donors (Lipinski definition) is 3. The highest BCUT2D eigenvalue weighted by atomic mass is 16.3. The van der Waals surface area contributed by atoms with Crippen molar-refractivity contribution in [3.8, 4) is 0 Å². The van der Waals surface area contributed by atoms with Crippen LogP contribution in [0.15, 0.2) is 0 Å². The number of aliphatic hydroxyl groups is 3. The molecule has 26 heavy (non-hydrogen) atoms. The van der Waals surface area contributed by atoms with Gasteiger partial charge in [0.1, 0.15) is 18.3 Å². The van der Waals surface area contributed by atoms with E-state index < -0.39 is 29.5 Å². The third-order valence-corrected chi connectivity index (χ3v) is 9.26. The molecule has 5 nitrogen and oxygen atoms in total. The average Bonchev–Trinajstić information content (AvgIpc) is 2.88. The number of fused-ring (bicyclic) bond motifs is 5. The maximum Gasteiger partial charge on any atom is 0.190 e. The van der Waals surface area contributed by atoms with Gasteiger partial charge in [-0.05, 0) is 74.0 Å². The van der Waals surface area contributed by atoms with E-state index >= 15 is 0 Å². The number of carbonyl (C=O) groups is 2. The van der Waals surface area contributed by atoms with E-state index in [2.05, 4.69) is 6.92 Å². The molecule has 4 fully saturated rings. The predicted molar refractivity (Wildman–Crippen MR) is 95.2 cm³/mol. The first-order chi connectivity index (χ1) is 12.2. The molecule has 0 aromatic rings. The zero-order chi connectivity index (χ0) is 18.9. The second-order valence-corrected chi connectivity index (χ2v) is 9.99. The van der Waals surface area contributed by atoms with Gasteiger partial charge in [-0.15, -0.1) is 0 Å². The zero-order valence-corrected chi connectivity index (χ0v) is 15.9. The molecule has 0 spiro atoms. The second-order valence-electron chi connectivity index (χ2n) is 9.99. The molecule has 146 valence electrons. The smallest absolute Gasteiger partial charge is 0.190 e. The lowest BCUT2D eigenvalue weighted by Gasteiger charge is -2.61. The molecule has 0 aromatic carbocycles.